The molecule has 22 heavy (non-hydrogen) atoms. The summed E-state index contributed by atoms with van der Waals surface area (Å²) in [7, 11) is 0. The summed E-state index contributed by atoms with van der Waals surface area (Å²) in [6.45, 7) is 16.9. The molecule has 2 saturated heterocycles. The zero-order valence-corrected chi connectivity index (χ0v) is 15.1. The Balaban J connectivity index is 1.67. The molecule has 1 amide bonds. The van der Waals surface area contributed by atoms with Gasteiger partial charge in [0.15, 0.2) is 0 Å². The highest BCUT2D eigenvalue weighted by atomic mass is 16.2. The van der Waals surface area contributed by atoms with Gasteiger partial charge >= 0.3 is 0 Å². The Bertz CT molecular complexity index is 340. The van der Waals surface area contributed by atoms with Crippen LogP contribution in [-0.4, -0.2) is 72.5 Å². The number of hydrogen-bond donors (Lipinski definition) is 0. The first-order valence-corrected chi connectivity index (χ1v) is 9.20. The quantitative estimate of drug-likeness (QED) is 0.780. The third-order valence-electron chi connectivity index (χ3n) is 5.20. The molecule has 4 nitrogen and oxygen atoms in total. The molecule has 0 unspecified atom stereocenters. The minimum Gasteiger partial charge on any atom is -0.343 e. The molecule has 128 valence electrons. The third-order valence-corrected chi connectivity index (χ3v) is 5.20. The Morgan fingerprint density at radius 3 is 2.05 bits per heavy atom. The molecule has 0 aromatic carbocycles. The number of rotatable bonds is 5. The van der Waals surface area contributed by atoms with Crippen molar-refractivity contribution in [2.45, 2.75) is 53.0 Å². The maximum Gasteiger partial charge on any atom is 0.222 e. The largest absolute Gasteiger partial charge is 0.343 e. The Kier molecular flexibility index (Phi) is 6.69. The van der Waals surface area contributed by atoms with Crippen LogP contribution in [0, 0.1) is 11.8 Å². The van der Waals surface area contributed by atoms with E-state index < -0.39 is 0 Å². The summed E-state index contributed by atoms with van der Waals surface area (Å²) in [5.74, 6) is 1.62. The topological polar surface area (TPSA) is 26.8 Å². The number of piperidine rings is 1. The van der Waals surface area contributed by atoms with Gasteiger partial charge in [0.1, 0.15) is 0 Å². The molecule has 2 aliphatic rings. The average molecular weight is 309 g/mol. The summed E-state index contributed by atoms with van der Waals surface area (Å²) >= 11 is 0. The van der Waals surface area contributed by atoms with Crippen LogP contribution in [0.1, 0.15) is 47.0 Å². The van der Waals surface area contributed by atoms with Crippen LogP contribution in [0.4, 0.5) is 0 Å². The molecule has 2 heterocycles. The highest BCUT2D eigenvalue weighted by Crippen LogP contribution is 2.20. The molecular weight excluding hydrogens is 274 g/mol. The Morgan fingerprint density at radius 1 is 0.955 bits per heavy atom. The fraction of sp³-hybridized carbons (Fsp3) is 0.944. The molecule has 0 bridgehead atoms. The predicted molar refractivity (Wildman–Crippen MR) is 91.9 cm³/mol. The van der Waals surface area contributed by atoms with Crippen molar-refractivity contribution in [2.24, 2.45) is 11.8 Å². The standard InChI is InChI=1S/C18H35N3O/c1-15(2)13-18(22)21-7-5-17(6-8-21)14-19-9-11-20(12-10-19)16(3)4/h15-17H,5-14H2,1-4H3. The van der Waals surface area contributed by atoms with E-state index in [0.29, 0.717) is 24.3 Å². The number of nitrogens with zero attached hydrogens (tertiary/aromatic N) is 3. The van der Waals surface area contributed by atoms with E-state index in [1.807, 2.05) is 0 Å². The smallest absolute Gasteiger partial charge is 0.222 e. The summed E-state index contributed by atoms with van der Waals surface area (Å²) in [4.78, 5) is 19.4. The highest BCUT2D eigenvalue weighted by Gasteiger charge is 2.26. The van der Waals surface area contributed by atoms with Crippen molar-refractivity contribution in [3.63, 3.8) is 0 Å². The van der Waals surface area contributed by atoms with Crippen molar-refractivity contribution in [1.29, 1.82) is 0 Å². The minimum absolute atomic E-state index is 0.360. The van der Waals surface area contributed by atoms with Gasteiger partial charge in [0, 0.05) is 58.3 Å². The van der Waals surface area contributed by atoms with Crippen molar-refractivity contribution in [2.75, 3.05) is 45.8 Å². The molecule has 2 fully saturated rings. The maximum atomic E-state index is 12.1. The van der Waals surface area contributed by atoms with E-state index in [1.54, 1.807) is 0 Å². The monoisotopic (exact) mass is 309 g/mol. The zero-order chi connectivity index (χ0) is 16.1. The molecule has 0 aromatic rings. The number of carbonyl (C=O) groups is 1. The van der Waals surface area contributed by atoms with Crippen LogP contribution < -0.4 is 0 Å². The maximum absolute atomic E-state index is 12.1. The van der Waals surface area contributed by atoms with Crippen LogP contribution in [0.3, 0.4) is 0 Å². The van der Waals surface area contributed by atoms with Crippen LogP contribution >= 0.6 is 0 Å². The van der Waals surface area contributed by atoms with E-state index >= 15 is 0 Å². The molecule has 0 N–H and O–H groups in total. The van der Waals surface area contributed by atoms with Crippen molar-refractivity contribution in [3.8, 4) is 0 Å². The molecule has 4 heteroatoms. The van der Waals surface area contributed by atoms with Gasteiger partial charge in [-0.3, -0.25) is 9.69 Å². The Hall–Kier alpha value is -0.610. The lowest BCUT2D eigenvalue weighted by atomic mass is 9.95. The number of amides is 1. The van der Waals surface area contributed by atoms with Gasteiger partial charge in [-0.2, -0.15) is 0 Å². The van der Waals surface area contributed by atoms with Gasteiger partial charge in [-0.15, -0.1) is 0 Å². The van der Waals surface area contributed by atoms with Crippen LogP contribution in [0.15, 0.2) is 0 Å². The predicted octanol–water partition coefficient (Wildman–Crippen LogP) is 2.30. The summed E-state index contributed by atoms with van der Waals surface area (Å²) in [5.41, 5.74) is 0. The molecule has 2 aliphatic heterocycles. The fourth-order valence-corrected chi connectivity index (χ4v) is 3.67. The SMILES string of the molecule is CC(C)CC(=O)N1CCC(CN2CCN(C(C)C)CC2)CC1. The molecular formula is C18H35N3O. The molecule has 0 radical (unpaired) electrons. The van der Waals surface area contributed by atoms with E-state index in [0.717, 1.165) is 19.0 Å². The summed E-state index contributed by atoms with van der Waals surface area (Å²) in [6.07, 6.45) is 3.09. The molecule has 0 aliphatic carbocycles. The summed E-state index contributed by atoms with van der Waals surface area (Å²) < 4.78 is 0. The van der Waals surface area contributed by atoms with Gasteiger partial charge in [0.25, 0.3) is 0 Å². The van der Waals surface area contributed by atoms with Crippen LogP contribution in [0.25, 0.3) is 0 Å². The summed E-state index contributed by atoms with van der Waals surface area (Å²) in [5, 5.41) is 0. The summed E-state index contributed by atoms with van der Waals surface area (Å²) in [6, 6.07) is 0.678. The normalized spacial score (nSPS) is 22.7. The molecule has 2 rings (SSSR count). The average Bonchev–Trinajstić information content (AvgIpc) is 2.48. The lowest BCUT2D eigenvalue weighted by Gasteiger charge is -2.40. The minimum atomic E-state index is 0.360. The van der Waals surface area contributed by atoms with Gasteiger partial charge in [0.2, 0.25) is 5.91 Å². The van der Waals surface area contributed by atoms with Crippen molar-refractivity contribution < 1.29 is 4.79 Å². The van der Waals surface area contributed by atoms with E-state index in [9.17, 15) is 4.79 Å². The second-order valence-corrected chi connectivity index (χ2v) is 7.85. The Labute approximate surface area is 136 Å². The van der Waals surface area contributed by atoms with Crippen molar-refractivity contribution >= 4 is 5.91 Å². The second-order valence-electron chi connectivity index (χ2n) is 7.85. The first kappa shape index (κ1) is 17.7. The fourth-order valence-electron chi connectivity index (χ4n) is 3.67. The zero-order valence-electron chi connectivity index (χ0n) is 15.1. The van der Waals surface area contributed by atoms with Gasteiger partial charge < -0.3 is 9.80 Å². The third kappa shape index (κ3) is 5.24. The van der Waals surface area contributed by atoms with Crippen molar-refractivity contribution in [1.82, 2.24) is 14.7 Å². The van der Waals surface area contributed by atoms with E-state index in [2.05, 4.69) is 42.4 Å². The van der Waals surface area contributed by atoms with Gasteiger partial charge in [0.05, 0.1) is 0 Å². The van der Waals surface area contributed by atoms with E-state index in [1.165, 1.54) is 45.6 Å². The lowest BCUT2D eigenvalue weighted by Crippen LogP contribution is -2.50. The highest BCUT2D eigenvalue weighted by molar-refractivity contribution is 5.76. The Morgan fingerprint density at radius 2 is 1.55 bits per heavy atom. The van der Waals surface area contributed by atoms with Gasteiger partial charge in [-0.05, 0) is 38.5 Å². The number of likely N-dealkylation sites (tertiary alicyclic amines) is 1. The molecule has 0 aromatic heterocycles. The van der Waals surface area contributed by atoms with Crippen LogP contribution in [-0.2, 0) is 4.79 Å². The van der Waals surface area contributed by atoms with Crippen molar-refractivity contribution in [3.05, 3.63) is 0 Å². The number of piperazine rings is 1. The lowest BCUT2D eigenvalue weighted by molar-refractivity contribution is -0.133. The first-order chi connectivity index (χ1) is 10.5. The molecule has 0 atom stereocenters. The molecule has 0 spiro atoms. The number of carbonyl (C=O) groups excluding carboxylic acids is 1. The molecule has 0 saturated carbocycles. The van der Waals surface area contributed by atoms with Crippen LogP contribution in [0.2, 0.25) is 0 Å². The second kappa shape index (κ2) is 8.30. The van der Waals surface area contributed by atoms with Gasteiger partial charge in [-0.1, -0.05) is 13.8 Å². The van der Waals surface area contributed by atoms with E-state index in [4.69, 9.17) is 0 Å². The van der Waals surface area contributed by atoms with Crippen LogP contribution in [0.5, 0.6) is 0 Å². The van der Waals surface area contributed by atoms with E-state index in [-0.39, 0.29) is 0 Å². The van der Waals surface area contributed by atoms with Gasteiger partial charge in [-0.25, -0.2) is 0 Å². The first-order valence-electron chi connectivity index (χ1n) is 9.20. The number of hydrogen-bond acceptors (Lipinski definition) is 3.